The second-order valence-corrected chi connectivity index (χ2v) is 9.75. The SMILES string of the molecule is CC(C)CN(CC(F)(F)F)C(=O)CSc1nc2sc3c(c2c(=O)n1C)CCCC3. The number of fused-ring (bicyclic) bond motifs is 3. The summed E-state index contributed by atoms with van der Waals surface area (Å²) >= 11 is 2.52. The third kappa shape index (κ3) is 5.14. The number of aromatic nitrogens is 2. The predicted octanol–water partition coefficient (Wildman–Crippen LogP) is 4.01. The van der Waals surface area contributed by atoms with Crippen LogP contribution in [0.1, 0.15) is 37.1 Å². The Balaban J connectivity index is 1.81. The van der Waals surface area contributed by atoms with Crippen molar-refractivity contribution in [3.05, 3.63) is 20.8 Å². The topological polar surface area (TPSA) is 55.2 Å². The van der Waals surface area contributed by atoms with Crippen molar-refractivity contribution in [3.8, 4) is 0 Å². The van der Waals surface area contributed by atoms with Crippen molar-refractivity contribution in [1.29, 1.82) is 0 Å². The van der Waals surface area contributed by atoms with Gasteiger partial charge < -0.3 is 4.90 Å². The molecule has 0 atom stereocenters. The van der Waals surface area contributed by atoms with Crippen LogP contribution in [0.4, 0.5) is 13.2 Å². The number of thioether (sulfide) groups is 1. The van der Waals surface area contributed by atoms with E-state index >= 15 is 0 Å². The summed E-state index contributed by atoms with van der Waals surface area (Å²) in [6, 6.07) is 0. The fraction of sp³-hybridized carbons (Fsp3) is 0.632. The minimum Gasteiger partial charge on any atom is -0.333 e. The number of carbonyl (C=O) groups excluding carboxylic acids is 1. The Kier molecular flexibility index (Phi) is 6.62. The number of aryl methyl sites for hydroxylation is 2. The minimum atomic E-state index is -4.45. The molecule has 0 unspecified atom stereocenters. The van der Waals surface area contributed by atoms with Gasteiger partial charge in [0.15, 0.2) is 5.16 Å². The van der Waals surface area contributed by atoms with Gasteiger partial charge in [0, 0.05) is 18.5 Å². The molecule has 2 heterocycles. The highest BCUT2D eigenvalue weighted by molar-refractivity contribution is 7.99. The summed E-state index contributed by atoms with van der Waals surface area (Å²) < 4.78 is 39.9. The molecule has 2 aromatic heterocycles. The molecule has 0 fully saturated rings. The third-order valence-corrected chi connectivity index (χ3v) is 6.99. The van der Waals surface area contributed by atoms with Gasteiger partial charge in [-0.1, -0.05) is 25.6 Å². The maximum absolute atomic E-state index is 12.9. The van der Waals surface area contributed by atoms with E-state index in [9.17, 15) is 22.8 Å². The Bertz CT molecular complexity index is 966. The summed E-state index contributed by atoms with van der Waals surface area (Å²) in [6.45, 7) is 2.29. The fourth-order valence-corrected chi connectivity index (χ4v) is 5.70. The number of hydrogen-bond donors (Lipinski definition) is 0. The number of carbonyl (C=O) groups is 1. The Labute approximate surface area is 175 Å². The lowest BCUT2D eigenvalue weighted by Gasteiger charge is -2.25. The first-order valence-electron chi connectivity index (χ1n) is 9.55. The molecular formula is C19H24F3N3O2S2. The highest BCUT2D eigenvalue weighted by Crippen LogP contribution is 2.34. The maximum Gasteiger partial charge on any atom is 0.406 e. The third-order valence-electron chi connectivity index (χ3n) is 4.79. The van der Waals surface area contributed by atoms with Gasteiger partial charge in [-0.15, -0.1) is 11.3 Å². The quantitative estimate of drug-likeness (QED) is 0.496. The van der Waals surface area contributed by atoms with E-state index in [0.717, 1.165) is 47.9 Å². The molecule has 0 N–H and O–H groups in total. The molecule has 0 saturated carbocycles. The van der Waals surface area contributed by atoms with Crippen LogP contribution in [0.5, 0.6) is 0 Å². The zero-order valence-corrected chi connectivity index (χ0v) is 18.3. The van der Waals surface area contributed by atoms with Gasteiger partial charge in [-0.3, -0.25) is 14.2 Å². The van der Waals surface area contributed by atoms with Gasteiger partial charge in [-0.2, -0.15) is 13.2 Å². The van der Waals surface area contributed by atoms with Crippen LogP contribution in [0.25, 0.3) is 10.2 Å². The van der Waals surface area contributed by atoms with E-state index in [0.29, 0.717) is 15.4 Å². The second-order valence-electron chi connectivity index (χ2n) is 7.72. The fourth-order valence-electron chi connectivity index (χ4n) is 3.53. The lowest BCUT2D eigenvalue weighted by Crippen LogP contribution is -2.42. The molecule has 1 amide bonds. The summed E-state index contributed by atoms with van der Waals surface area (Å²) in [5.41, 5.74) is 0.934. The zero-order chi connectivity index (χ0) is 21.3. The zero-order valence-electron chi connectivity index (χ0n) is 16.6. The number of halogens is 3. The normalized spacial score (nSPS) is 14.4. The molecule has 29 heavy (non-hydrogen) atoms. The average molecular weight is 448 g/mol. The summed E-state index contributed by atoms with van der Waals surface area (Å²) in [5, 5.41) is 1.01. The van der Waals surface area contributed by atoms with Gasteiger partial charge in [0.2, 0.25) is 5.91 Å². The van der Waals surface area contributed by atoms with Crippen LogP contribution in [-0.4, -0.2) is 45.4 Å². The Morgan fingerprint density at radius 1 is 1.31 bits per heavy atom. The number of rotatable bonds is 6. The van der Waals surface area contributed by atoms with E-state index in [1.165, 1.54) is 20.8 Å². The van der Waals surface area contributed by atoms with Crippen LogP contribution in [0.2, 0.25) is 0 Å². The highest BCUT2D eigenvalue weighted by Gasteiger charge is 2.33. The van der Waals surface area contributed by atoms with Crippen LogP contribution in [-0.2, 0) is 24.7 Å². The summed E-state index contributed by atoms with van der Waals surface area (Å²) in [7, 11) is 1.59. The lowest BCUT2D eigenvalue weighted by molar-refractivity contribution is -0.160. The van der Waals surface area contributed by atoms with Gasteiger partial charge in [-0.25, -0.2) is 4.98 Å². The summed E-state index contributed by atoms with van der Waals surface area (Å²) in [4.78, 5) is 32.6. The van der Waals surface area contributed by atoms with Gasteiger partial charge in [0.05, 0.1) is 11.1 Å². The van der Waals surface area contributed by atoms with E-state index in [-0.39, 0.29) is 23.8 Å². The molecule has 1 aliphatic carbocycles. The maximum atomic E-state index is 12.9. The number of hydrogen-bond acceptors (Lipinski definition) is 5. The van der Waals surface area contributed by atoms with Gasteiger partial charge in [0.25, 0.3) is 5.56 Å². The Hall–Kier alpha value is -1.55. The number of alkyl halides is 3. The van der Waals surface area contributed by atoms with Crippen LogP contribution in [0.15, 0.2) is 9.95 Å². The molecule has 0 saturated heterocycles. The van der Waals surface area contributed by atoms with E-state index in [2.05, 4.69) is 4.98 Å². The van der Waals surface area contributed by atoms with Gasteiger partial charge in [0.1, 0.15) is 11.4 Å². The standard InChI is InChI=1S/C19H24F3N3O2S2/c1-11(2)8-25(10-19(20,21)22)14(26)9-28-18-23-16-15(17(27)24(18)3)12-6-4-5-7-13(12)29-16/h11H,4-10H2,1-3H3. The number of amides is 1. The first-order chi connectivity index (χ1) is 13.6. The molecule has 5 nitrogen and oxygen atoms in total. The Morgan fingerprint density at radius 3 is 2.66 bits per heavy atom. The average Bonchev–Trinajstić information content (AvgIpc) is 2.99. The van der Waals surface area contributed by atoms with Gasteiger partial charge in [-0.05, 0) is 37.2 Å². The molecule has 0 aromatic carbocycles. The van der Waals surface area contributed by atoms with Crippen LogP contribution in [0, 0.1) is 5.92 Å². The molecule has 1 aliphatic rings. The molecule has 3 rings (SSSR count). The van der Waals surface area contributed by atoms with E-state index < -0.39 is 18.6 Å². The summed E-state index contributed by atoms with van der Waals surface area (Å²) in [5.74, 6) is -0.886. The van der Waals surface area contributed by atoms with E-state index in [4.69, 9.17) is 0 Å². The van der Waals surface area contributed by atoms with Crippen LogP contribution in [0.3, 0.4) is 0 Å². The van der Waals surface area contributed by atoms with Crippen LogP contribution < -0.4 is 5.56 Å². The molecule has 0 bridgehead atoms. The molecule has 0 radical (unpaired) electrons. The first kappa shape index (κ1) is 22.1. The first-order valence-corrected chi connectivity index (χ1v) is 11.4. The van der Waals surface area contributed by atoms with Crippen molar-refractivity contribution in [3.63, 3.8) is 0 Å². The van der Waals surface area contributed by atoms with E-state index in [1.807, 2.05) is 0 Å². The summed E-state index contributed by atoms with van der Waals surface area (Å²) in [6.07, 6.45) is -0.477. The number of thiophene rings is 1. The van der Waals surface area contributed by atoms with Crippen molar-refractivity contribution in [2.24, 2.45) is 13.0 Å². The predicted molar refractivity (Wildman–Crippen MR) is 110 cm³/mol. The minimum absolute atomic E-state index is 0.0297. The smallest absolute Gasteiger partial charge is 0.333 e. The van der Waals surface area contributed by atoms with E-state index in [1.54, 1.807) is 20.9 Å². The largest absolute Gasteiger partial charge is 0.406 e. The molecule has 0 aliphatic heterocycles. The monoisotopic (exact) mass is 447 g/mol. The van der Waals surface area contributed by atoms with Crippen molar-refractivity contribution in [2.75, 3.05) is 18.8 Å². The van der Waals surface area contributed by atoms with Crippen molar-refractivity contribution in [1.82, 2.24) is 14.5 Å². The molecule has 2 aromatic rings. The molecule has 10 heteroatoms. The molecular weight excluding hydrogens is 423 g/mol. The Morgan fingerprint density at radius 2 is 2.00 bits per heavy atom. The molecule has 160 valence electrons. The van der Waals surface area contributed by atoms with Crippen molar-refractivity contribution < 1.29 is 18.0 Å². The molecule has 0 spiro atoms. The lowest BCUT2D eigenvalue weighted by atomic mass is 9.97. The van der Waals surface area contributed by atoms with Crippen molar-refractivity contribution in [2.45, 2.75) is 50.9 Å². The highest BCUT2D eigenvalue weighted by atomic mass is 32.2. The van der Waals surface area contributed by atoms with Crippen LogP contribution >= 0.6 is 23.1 Å². The number of nitrogens with zero attached hydrogens (tertiary/aromatic N) is 3. The van der Waals surface area contributed by atoms with Gasteiger partial charge >= 0.3 is 6.18 Å². The second kappa shape index (κ2) is 8.67. The van der Waals surface area contributed by atoms with Crippen molar-refractivity contribution >= 4 is 39.2 Å².